The molecule has 3 heteroatoms. The van der Waals surface area contributed by atoms with Crippen LogP contribution in [0.15, 0.2) is 97.6 Å². The van der Waals surface area contributed by atoms with Crippen LogP contribution in [-0.2, 0) is 12.1 Å². The molecular formula is C23H23NO2. The molecule has 0 aromatic heterocycles. The van der Waals surface area contributed by atoms with Gasteiger partial charge in [0.1, 0.15) is 17.9 Å². The molecule has 0 unspecified atom stereocenters. The van der Waals surface area contributed by atoms with E-state index >= 15 is 0 Å². The van der Waals surface area contributed by atoms with E-state index < -0.39 is 5.54 Å². The zero-order valence-electron chi connectivity index (χ0n) is 14.6. The van der Waals surface area contributed by atoms with Gasteiger partial charge >= 0.3 is 0 Å². The Kier molecular flexibility index (Phi) is 5.72. The topological polar surface area (TPSA) is 41.5 Å². The number of para-hydroxylation sites is 1. The number of aliphatic hydroxyl groups excluding tert-OH is 1. The molecule has 0 aliphatic carbocycles. The maximum absolute atomic E-state index is 10.0. The Morgan fingerprint density at radius 1 is 0.885 bits per heavy atom. The van der Waals surface area contributed by atoms with Gasteiger partial charge < -0.3 is 15.2 Å². The van der Waals surface area contributed by atoms with Crippen LogP contribution in [0.2, 0.25) is 0 Å². The molecule has 0 spiro atoms. The Labute approximate surface area is 154 Å². The molecule has 3 nitrogen and oxygen atoms in total. The summed E-state index contributed by atoms with van der Waals surface area (Å²) in [6.07, 6.45) is 1.74. The highest BCUT2D eigenvalue weighted by Crippen LogP contribution is 2.29. The number of anilines is 1. The summed E-state index contributed by atoms with van der Waals surface area (Å²) in [6, 6.07) is 27.6. The van der Waals surface area contributed by atoms with Gasteiger partial charge in [0, 0.05) is 5.69 Å². The predicted molar refractivity (Wildman–Crippen MR) is 106 cm³/mol. The first-order chi connectivity index (χ1) is 12.8. The van der Waals surface area contributed by atoms with Crippen molar-refractivity contribution in [1.29, 1.82) is 0 Å². The fourth-order valence-corrected chi connectivity index (χ4v) is 2.80. The van der Waals surface area contributed by atoms with Gasteiger partial charge in [0.25, 0.3) is 0 Å². The standard InChI is InChI=1S/C23H23NO2/c1-2-23(18-25,24-21-11-7-4-8-12-21)20-13-15-22(16-14-20)26-17-19-9-5-3-6-10-19/h2-16,24-25H,1,17-18H2/t23-/m1/s1. The first-order valence-electron chi connectivity index (χ1n) is 8.61. The van der Waals surface area contributed by atoms with E-state index in [1.807, 2.05) is 84.9 Å². The fraction of sp³-hybridized carbons (Fsp3) is 0.130. The molecule has 0 fully saturated rings. The van der Waals surface area contributed by atoms with E-state index in [2.05, 4.69) is 11.9 Å². The third-order valence-electron chi connectivity index (χ3n) is 4.36. The van der Waals surface area contributed by atoms with Crippen molar-refractivity contribution in [3.63, 3.8) is 0 Å². The third kappa shape index (κ3) is 4.13. The van der Waals surface area contributed by atoms with Gasteiger partial charge in [-0.1, -0.05) is 66.7 Å². The quantitative estimate of drug-likeness (QED) is 0.579. The predicted octanol–water partition coefficient (Wildman–Crippen LogP) is 4.75. The number of benzene rings is 3. The molecule has 0 heterocycles. The van der Waals surface area contributed by atoms with Crippen molar-refractivity contribution in [3.05, 3.63) is 109 Å². The van der Waals surface area contributed by atoms with Crippen LogP contribution in [0.3, 0.4) is 0 Å². The normalized spacial score (nSPS) is 12.8. The Morgan fingerprint density at radius 2 is 1.50 bits per heavy atom. The van der Waals surface area contributed by atoms with Gasteiger partial charge in [-0.2, -0.15) is 0 Å². The molecule has 0 amide bonds. The van der Waals surface area contributed by atoms with Crippen LogP contribution in [0, 0.1) is 0 Å². The lowest BCUT2D eigenvalue weighted by Crippen LogP contribution is -2.37. The van der Waals surface area contributed by atoms with Gasteiger partial charge in [0.15, 0.2) is 0 Å². The van der Waals surface area contributed by atoms with E-state index in [0.29, 0.717) is 6.61 Å². The molecule has 0 aliphatic rings. The van der Waals surface area contributed by atoms with Crippen molar-refractivity contribution in [1.82, 2.24) is 0 Å². The van der Waals surface area contributed by atoms with Crippen LogP contribution >= 0.6 is 0 Å². The first kappa shape index (κ1) is 17.8. The molecule has 0 saturated heterocycles. The van der Waals surface area contributed by atoms with Crippen LogP contribution in [-0.4, -0.2) is 11.7 Å². The molecule has 2 N–H and O–H groups in total. The highest BCUT2D eigenvalue weighted by Gasteiger charge is 2.28. The average Bonchev–Trinajstić information content (AvgIpc) is 2.72. The van der Waals surface area contributed by atoms with E-state index in [9.17, 15) is 5.11 Å². The molecule has 0 radical (unpaired) electrons. The summed E-state index contributed by atoms with van der Waals surface area (Å²) in [5.74, 6) is 0.785. The SMILES string of the molecule is C=C[C@](CO)(Nc1ccccc1)c1ccc(OCc2ccccc2)cc1. The molecule has 3 aromatic carbocycles. The van der Waals surface area contributed by atoms with E-state index in [1.165, 1.54) is 0 Å². The molecule has 3 aromatic rings. The van der Waals surface area contributed by atoms with Gasteiger partial charge in [0.2, 0.25) is 0 Å². The Bertz CT molecular complexity index is 816. The van der Waals surface area contributed by atoms with Crippen molar-refractivity contribution in [3.8, 4) is 5.75 Å². The largest absolute Gasteiger partial charge is 0.489 e. The van der Waals surface area contributed by atoms with Crippen LogP contribution < -0.4 is 10.1 Å². The molecule has 1 atom stereocenters. The lowest BCUT2D eigenvalue weighted by atomic mass is 9.90. The van der Waals surface area contributed by atoms with Crippen LogP contribution in [0.4, 0.5) is 5.69 Å². The molecule has 0 bridgehead atoms. The van der Waals surface area contributed by atoms with E-state index in [1.54, 1.807) is 6.08 Å². The van der Waals surface area contributed by atoms with Crippen molar-refractivity contribution >= 4 is 5.69 Å². The minimum atomic E-state index is -0.751. The number of hydrogen-bond acceptors (Lipinski definition) is 3. The minimum absolute atomic E-state index is 0.102. The summed E-state index contributed by atoms with van der Waals surface area (Å²) in [6.45, 7) is 4.34. The summed E-state index contributed by atoms with van der Waals surface area (Å²) >= 11 is 0. The van der Waals surface area contributed by atoms with Crippen molar-refractivity contribution in [2.45, 2.75) is 12.1 Å². The van der Waals surface area contributed by atoms with Crippen LogP contribution in [0.5, 0.6) is 5.75 Å². The van der Waals surface area contributed by atoms with Gasteiger partial charge in [-0.05, 0) is 35.4 Å². The molecule has 26 heavy (non-hydrogen) atoms. The van der Waals surface area contributed by atoms with Gasteiger partial charge in [-0.3, -0.25) is 0 Å². The lowest BCUT2D eigenvalue weighted by molar-refractivity contribution is 0.241. The zero-order chi connectivity index (χ0) is 18.2. The maximum atomic E-state index is 10.0. The molecule has 3 rings (SSSR count). The van der Waals surface area contributed by atoms with E-state index in [4.69, 9.17) is 4.74 Å². The number of nitrogens with one attached hydrogen (secondary N) is 1. The first-order valence-corrected chi connectivity index (χ1v) is 8.61. The smallest absolute Gasteiger partial charge is 0.119 e. The number of rotatable bonds is 8. The summed E-state index contributed by atoms with van der Waals surface area (Å²) in [5, 5.41) is 13.4. The van der Waals surface area contributed by atoms with Crippen molar-refractivity contribution in [2.75, 3.05) is 11.9 Å². The van der Waals surface area contributed by atoms with Crippen molar-refractivity contribution in [2.24, 2.45) is 0 Å². The Hall–Kier alpha value is -3.04. The highest BCUT2D eigenvalue weighted by molar-refractivity contribution is 5.50. The average molecular weight is 345 g/mol. The molecule has 132 valence electrons. The Balaban J connectivity index is 1.75. The summed E-state index contributed by atoms with van der Waals surface area (Å²) < 4.78 is 5.84. The lowest BCUT2D eigenvalue weighted by Gasteiger charge is -2.31. The van der Waals surface area contributed by atoms with Gasteiger partial charge in [0.05, 0.1) is 6.61 Å². The summed E-state index contributed by atoms with van der Waals surface area (Å²) in [5.41, 5.74) is 2.22. The van der Waals surface area contributed by atoms with E-state index in [0.717, 1.165) is 22.6 Å². The van der Waals surface area contributed by atoms with E-state index in [-0.39, 0.29) is 6.61 Å². The second-order valence-electron chi connectivity index (χ2n) is 6.12. The molecule has 0 aliphatic heterocycles. The Morgan fingerprint density at radius 3 is 2.08 bits per heavy atom. The second kappa shape index (κ2) is 8.37. The monoisotopic (exact) mass is 345 g/mol. The number of hydrogen-bond donors (Lipinski definition) is 2. The number of ether oxygens (including phenoxy) is 1. The highest BCUT2D eigenvalue weighted by atomic mass is 16.5. The fourth-order valence-electron chi connectivity index (χ4n) is 2.80. The summed E-state index contributed by atoms with van der Waals surface area (Å²) in [7, 11) is 0. The number of aliphatic hydroxyl groups is 1. The summed E-state index contributed by atoms with van der Waals surface area (Å²) in [4.78, 5) is 0. The van der Waals surface area contributed by atoms with Crippen LogP contribution in [0.1, 0.15) is 11.1 Å². The zero-order valence-corrected chi connectivity index (χ0v) is 14.6. The van der Waals surface area contributed by atoms with Crippen molar-refractivity contribution < 1.29 is 9.84 Å². The molecular weight excluding hydrogens is 322 g/mol. The molecule has 0 saturated carbocycles. The minimum Gasteiger partial charge on any atom is -0.489 e. The van der Waals surface area contributed by atoms with Crippen LogP contribution in [0.25, 0.3) is 0 Å². The maximum Gasteiger partial charge on any atom is 0.119 e. The van der Waals surface area contributed by atoms with Gasteiger partial charge in [-0.15, -0.1) is 6.58 Å². The van der Waals surface area contributed by atoms with Gasteiger partial charge in [-0.25, -0.2) is 0 Å². The second-order valence-corrected chi connectivity index (χ2v) is 6.12. The third-order valence-corrected chi connectivity index (χ3v) is 4.36.